The number of Topliss-reactive ketones (excluding diaryl/α,β-unsaturated/α-hetero) is 1. The number of ketones is 1. The summed E-state index contributed by atoms with van der Waals surface area (Å²) >= 11 is 0. The van der Waals surface area contributed by atoms with Gasteiger partial charge < -0.3 is 4.74 Å². The van der Waals surface area contributed by atoms with Crippen LogP contribution >= 0.6 is 0 Å². The molecule has 1 rings (SSSR count). The third-order valence-electron chi connectivity index (χ3n) is 3.01. The number of hydrogen-bond acceptors (Lipinski definition) is 3. The van der Waals surface area contributed by atoms with E-state index in [1.807, 2.05) is 12.1 Å². The minimum atomic E-state index is -0.668. The second-order valence-electron chi connectivity index (χ2n) is 4.54. The largest absolute Gasteiger partial charge is 0.496 e. The Bertz CT molecular complexity index is 472. The fourth-order valence-electron chi connectivity index (χ4n) is 1.92. The lowest BCUT2D eigenvalue weighted by Crippen LogP contribution is -2.10. The molecule has 0 N–H and O–H groups in total. The van der Waals surface area contributed by atoms with Crippen molar-refractivity contribution in [2.24, 2.45) is 0 Å². The summed E-state index contributed by atoms with van der Waals surface area (Å²) in [6.07, 6.45) is 0.376. The Kier molecular flexibility index (Phi) is 4.91. The molecule has 0 heterocycles. The zero-order valence-electron chi connectivity index (χ0n) is 11.4. The van der Waals surface area contributed by atoms with E-state index in [-0.39, 0.29) is 11.7 Å². The Labute approximate surface area is 108 Å². The minimum Gasteiger partial charge on any atom is -0.496 e. The molecule has 1 unspecified atom stereocenters. The van der Waals surface area contributed by atoms with Crippen LogP contribution in [0, 0.1) is 11.3 Å². The molecule has 0 fully saturated rings. The summed E-state index contributed by atoms with van der Waals surface area (Å²) in [5, 5.41) is 9.13. The molecule has 3 nitrogen and oxygen atoms in total. The second-order valence-corrected chi connectivity index (χ2v) is 4.54. The van der Waals surface area contributed by atoms with Gasteiger partial charge in [0.2, 0.25) is 0 Å². The molecule has 0 saturated carbocycles. The van der Waals surface area contributed by atoms with Crippen LogP contribution in [0.15, 0.2) is 18.2 Å². The van der Waals surface area contributed by atoms with Crippen LogP contribution in [0.3, 0.4) is 0 Å². The summed E-state index contributed by atoms with van der Waals surface area (Å²) in [5.41, 5.74) is 1.79. The van der Waals surface area contributed by atoms with Gasteiger partial charge >= 0.3 is 0 Å². The summed E-state index contributed by atoms with van der Waals surface area (Å²) in [6, 6.07) is 7.62. The first kappa shape index (κ1) is 14.2. The lowest BCUT2D eigenvalue weighted by Gasteiger charge is -2.15. The first-order valence-corrected chi connectivity index (χ1v) is 6.15. The zero-order valence-corrected chi connectivity index (χ0v) is 11.4. The summed E-state index contributed by atoms with van der Waals surface area (Å²) in [5.74, 6) is 0.376. The molecule has 0 saturated heterocycles. The topological polar surface area (TPSA) is 50.1 Å². The number of rotatable bonds is 5. The Morgan fingerprint density at radius 1 is 1.44 bits per heavy atom. The third-order valence-corrected chi connectivity index (χ3v) is 3.01. The number of carbonyl (C=O) groups is 1. The molecule has 0 aliphatic carbocycles. The van der Waals surface area contributed by atoms with Crippen LogP contribution in [-0.4, -0.2) is 12.9 Å². The summed E-state index contributed by atoms with van der Waals surface area (Å²) in [6.45, 7) is 5.90. The zero-order chi connectivity index (χ0) is 13.7. The first-order chi connectivity index (χ1) is 8.54. The lowest BCUT2D eigenvalue weighted by molar-refractivity contribution is -0.119. The van der Waals surface area contributed by atoms with Gasteiger partial charge in [-0.25, -0.2) is 0 Å². The number of hydrogen-bond donors (Lipinski definition) is 0. The van der Waals surface area contributed by atoms with Crippen LogP contribution in [-0.2, 0) is 4.79 Å². The Morgan fingerprint density at radius 3 is 2.56 bits per heavy atom. The Morgan fingerprint density at radius 2 is 2.11 bits per heavy atom. The van der Waals surface area contributed by atoms with E-state index >= 15 is 0 Å². The molecule has 0 bridgehead atoms. The van der Waals surface area contributed by atoms with E-state index in [4.69, 9.17) is 10.00 Å². The predicted octanol–water partition coefficient (Wildman–Crippen LogP) is 3.40. The van der Waals surface area contributed by atoms with Crippen molar-refractivity contribution in [2.75, 3.05) is 7.11 Å². The maximum atomic E-state index is 11.7. The van der Waals surface area contributed by atoms with Crippen molar-refractivity contribution in [3.63, 3.8) is 0 Å². The molecule has 1 aromatic carbocycles. The number of methoxy groups -OCH3 is 1. The van der Waals surface area contributed by atoms with Gasteiger partial charge in [0.25, 0.3) is 0 Å². The van der Waals surface area contributed by atoms with Gasteiger partial charge in [-0.1, -0.05) is 32.9 Å². The normalized spacial score (nSPS) is 12.0. The predicted molar refractivity (Wildman–Crippen MR) is 70.7 cm³/mol. The molecule has 1 aromatic rings. The number of benzene rings is 1. The summed E-state index contributed by atoms with van der Waals surface area (Å²) < 4.78 is 5.29. The first-order valence-electron chi connectivity index (χ1n) is 6.15. The lowest BCUT2D eigenvalue weighted by atomic mass is 9.90. The summed E-state index contributed by atoms with van der Waals surface area (Å²) in [4.78, 5) is 11.7. The average molecular weight is 245 g/mol. The van der Waals surface area contributed by atoms with Gasteiger partial charge in [0.05, 0.1) is 13.2 Å². The minimum absolute atomic E-state index is 0.0441. The van der Waals surface area contributed by atoms with Gasteiger partial charge in [-0.15, -0.1) is 0 Å². The molecule has 0 amide bonds. The van der Waals surface area contributed by atoms with Crippen LogP contribution in [0.1, 0.15) is 50.2 Å². The van der Waals surface area contributed by atoms with Crippen LogP contribution in [0.4, 0.5) is 0 Å². The fraction of sp³-hybridized carbons (Fsp3) is 0.467. The molecule has 0 radical (unpaired) electrons. The van der Waals surface area contributed by atoms with Crippen molar-refractivity contribution < 1.29 is 9.53 Å². The molecule has 18 heavy (non-hydrogen) atoms. The maximum absolute atomic E-state index is 11.7. The average Bonchev–Trinajstić information content (AvgIpc) is 2.39. The quantitative estimate of drug-likeness (QED) is 0.798. The van der Waals surface area contributed by atoms with E-state index in [1.54, 1.807) is 20.1 Å². The fourth-order valence-corrected chi connectivity index (χ4v) is 1.92. The van der Waals surface area contributed by atoms with Crippen LogP contribution in [0.25, 0.3) is 0 Å². The molecule has 0 aliphatic heterocycles. The van der Waals surface area contributed by atoms with E-state index in [0.717, 1.165) is 16.9 Å². The maximum Gasteiger partial charge on any atom is 0.154 e. The number of nitriles is 1. The van der Waals surface area contributed by atoms with Gasteiger partial charge in [-0.2, -0.15) is 5.26 Å². The van der Waals surface area contributed by atoms with Gasteiger partial charge in [-0.05, 0) is 23.1 Å². The van der Waals surface area contributed by atoms with Crippen LogP contribution in [0.5, 0.6) is 5.75 Å². The Balaban J connectivity index is 3.23. The van der Waals surface area contributed by atoms with E-state index < -0.39 is 5.92 Å². The van der Waals surface area contributed by atoms with Crippen LogP contribution in [0.2, 0.25) is 0 Å². The van der Waals surface area contributed by atoms with E-state index in [1.165, 1.54) is 0 Å². The van der Waals surface area contributed by atoms with Gasteiger partial charge in [0.1, 0.15) is 11.7 Å². The summed E-state index contributed by atoms with van der Waals surface area (Å²) in [7, 11) is 1.62. The van der Waals surface area contributed by atoms with E-state index in [0.29, 0.717) is 6.42 Å². The third kappa shape index (κ3) is 2.89. The Hall–Kier alpha value is -1.82. The number of carbonyl (C=O) groups excluding carboxylic acids is 1. The second kappa shape index (κ2) is 6.20. The van der Waals surface area contributed by atoms with Gasteiger partial charge in [-0.3, -0.25) is 4.79 Å². The standard InChI is InChI=1S/C15H19NO2/c1-5-14(17)13(9-16)11-6-7-15(18-4)12(8-11)10(2)3/h6-8,10,13H,5H2,1-4H3. The van der Waals surface area contributed by atoms with Crippen molar-refractivity contribution in [1.82, 2.24) is 0 Å². The monoisotopic (exact) mass is 245 g/mol. The molecule has 0 aliphatic rings. The molecule has 0 aromatic heterocycles. The van der Waals surface area contributed by atoms with E-state index in [9.17, 15) is 4.79 Å². The number of nitrogens with zero attached hydrogens (tertiary/aromatic N) is 1. The van der Waals surface area contributed by atoms with Crippen molar-refractivity contribution >= 4 is 5.78 Å². The number of ether oxygens (including phenoxy) is 1. The van der Waals surface area contributed by atoms with Crippen molar-refractivity contribution in [1.29, 1.82) is 5.26 Å². The van der Waals surface area contributed by atoms with Gasteiger partial charge in [0.15, 0.2) is 5.78 Å². The highest BCUT2D eigenvalue weighted by molar-refractivity contribution is 5.88. The highest BCUT2D eigenvalue weighted by Crippen LogP contribution is 2.30. The van der Waals surface area contributed by atoms with Crippen molar-refractivity contribution in [3.05, 3.63) is 29.3 Å². The molecule has 1 atom stereocenters. The molecule has 3 heteroatoms. The van der Waals surface area contributed by atoms with Gasteiger partial charge in [0, 0.05) is 6.42 Å². The molecule has 96 valence electrons. The SMILES string of the molecule is CCC(=O)C(C#N)c1ccc(OC)c(C(C)C)c1. The molecular weight excluding hydrogens is 226 g/mol. The van der Waals surface area contributed by atoms with E-state index in [2.05, 4.69) is 19.9 Å². The van der Waals surface area contributed by atoms with Crippen molar-refractivity contribution in [2.45, 2.75) is 39.0 Å². The van der Waals surface area contributed by atoms with Crippen LogP contribution < -0.4 is 4.74 Å². The molecular formula is C15H19NO2. The molecule has 0 spiro atoms. The smallest absolute Gasteiger partial charge is 0.154 e. The van der Waals surface area contributed by atoms with Crippen molar-refractivity contribution in [3.8, 4) is 11.8 Å². The highest BCUT2D eigenvalue weighted by atomic mass is 16.5. The highest BCUT2D eigenvalue weighted by Gasteiger charge is 2.20.